The Morgan fingerprint density at radius 2 is 1.68 bits per heavy atom. The molecule has 1 amide bonds. The third-order valence-corrected chi connectivity index (χ3v) is 4.56. The molecular formula is C20H19NO4. The zero-order valence-electron chi connectivity index (χ0n) is 13.9. The van der Waals surface area contributed by atoms with E-state index < -0.39 is 23.7 Å². The van der Waals surface area contributed by atoms with Gasteiger partial charge in [-0.05, 0) is 36.6 Å². The van der Waals surface area contributed by atoms with Crippen LogP contribution in [-0.4, -0.2) is 34.0 Å². The first-order valence-electron chi connectivity index (χ1n) is 8.17. The number of likely N-dealkylation sites (tertiary alicyclic amines) is 1. The highest BCUT2D eigenvalue weighted by molar-refractivity contribution is 6.42. The van der Waals surface area contributed by atoms with E-state index in [2.05, 4.69) is 0 Å². The van der Waals surface area contributed by atoms with E-state index in [4.69, 9.17) is 0 Å². The van der Waals surface area contributed by atoms with Crippen LogP contribution < -0.4 is 0 Å². The first kappa shape index (κ1) is 16.9. The number of rotatable bonds is 5. The number of aromatic hydroxyl groups is 1. The molecule has 0 spiro atoms. The van der Waals surface area contributed by atoms with E-state index >= 15 is 0 Å². The maximum atomic E-state index is 12.5. The number of phenolic OH excluding ortho intramolecular Hbond substituents is 1. The van der Waals surface area contributed by atoms with Gasteiger partial charge in [-0.15, -0.1) is 0 Å². The monoisotopic (exact) mass is 337 g/mol. The zero-order chi connectivity index (χ0) is 18.0. The molecule has 1 heterocycles. The summed E-state index contributed by atoms with van der Waals surface area (Å²) in [6.07, 6.45) is 0.596. The summed E-state index contributed by atoms with van der Waals surface area (Å²) in [6, 6.07) is 15.3. The largest absolute Gasteiger partial charge is 0.508 e. The number of hydrogen-bond acceptors (Lipinski definition) is 4. The van der Waals surface area contributed by atoms with Gasteiger partial charge in [-0.3, -0.25) is 14.4 Å². The molecule has 1 aliphatic heterocycles. The van der Waals surface area contributed by atoms with E-state index in [0.29, 0.717) is 18.5 Å². The molecule has 1 N–H and O–H groups in total. The van der Waals surface area contributed by atoms with Gasteiger partial charge in [-0.25, -0.2) is 0 Å². The van der Waals surface area contributed by atoms with Crippen LogP contribution in [0.2, 0.25) is 0 Å². The number of Topliss-reactive ketones (excluding diaryl/α,β-unsaturated/α-hetero) is 2. The van der Waals surface area contributed by atoms with Crippen molar-refractivity contribution >= 4 is 17.5 Å². The summed E-state index contributed by atoms with van der Waals surface area (Å²) in [7, 11) is 0. The summed E-state index contributed by atoms with van der Waals surface area (Å²) in [5, 5.41) is 9.48. The summed E-state index contributed by atoms with van der Waals surface area (Å²) in [5.41, 5.74) is 1.73. The molecule has 5 heteroatoms. The number of amides is 1. The lowest BCUT2D eigenvalue weighted by molar-refractivity contribution is -0.142. The maximum Gasteiger partial charge on any atom is 0.291 e. The summed E-state index contributed by atoms with van der Waals surface area (Å²) in [4.78, 5) is 38.3. The number of carbonyl (C=O) groups excluding carboxylic acids is 3. The Hall–Kier alpha value is -2.95. The van der Waals surface area contributed by atoms with Crippen molar-refractivity contribution in [2.45, 2.75) is 19.4 Å². The quantitative estimate of drug-likeness (QED) is 0.671. The van der Waals surface area contributed by atoms with Crippen LogP contribution in [0.4, 0.5) is 0 Å². The fourth-order valence-electron chi connectivity index (χ4n) is 3.31. The first-order valence-corrected chi connectivity index (χ1v) is 8.17. The van der Waals surface area contributed by atoms with Gasteiger partial charge in [0.1, 0.15) is 17.5 Å². The molecule has 0 bridgehead atoms. The lowest BCUT2D eigenvalue weighted by atomic mass is 9.90. The van der Waals surface area contributed by atoms with Crippen LogP contribution >= 0.6 is 0 Å². The number of hydrogen-bond donors (Lipinski definition) is 1. The number of phenols is 1. The molecule has 1 aliphatic rings. The maximum absolute atomic E-state index is 12.5. The minimum absolute atomic E-state index is 0.0922. The van der Waals surface area contributed by atoms with Crippen LogP contribution in [0.15, 0.2) is 54.6 Å². The molecule has 5 nitrogen and oxygen atoms in total. The van der Waals surface area contributed by atoms with Gasteiger partial charge >= 0.3 is 0 Å². The number of benzene rings is 2. The second-order valence-corrected chi connectivity index (χ2v) is 6.22. The topological polar surface area (TPSA) is 74.7 Å². The third-order valence-electron chi connectivity index (χ3n) is 4.56. The van der Waals surface area contributed by atoms with Gasteiger partial charge in [0, 0.05) is 6.54 Å². The lowest BCUT2D eigenvalue weighted by Crippen LogP contribution is -2.32. The number of carbonyl (C=O) groups is 3. The normalized spacial score (nSPS) is 20.1. The highest BCUT2D eigenvalue weighted by atomic mass is 16.3. The molecule has 0 saturated carbocycles. The number of ketones is 2. The second-order valence-electron chi connectivity index (χ2n) is 6.22. The standard InChI is InChI=1S/C20H19NO4/c1-13(22)17-18(15-7-9-16(23)10-8-15)21(20(25)19(17)24)12-11-14-5-3-2-4-6-14/h2-10,17-18,23H,11-12H2,1H3. The van der Waals surface area contributed by atoms with Crippen molar-refractivity contribution in [3.63, 3.8) is 0 Å². The average Bonchev–Trinajstić information content (AvgIpc) is 2.86. The van der Waals surface area contributed by atoms with Crippen molar-refractivity contribution in [1.82, 2.24) is 4.90 Å². The summed E-state index contributed by atoms with van der Waals surface area (Å²) in [6.45, 7) is 1.69. The Bertz CT molecular complexity index is 798. The van der Waals surface area contributed by atoms with Gasteiger partial charge in [-0.2, -0.15) is 0 Å². The molecule has 1 saturated heterocycles. The van der Waals surface area contributed by atoms with Gasteiger partial charge < -0.3 is 10.0 Å². The minimum Gasteiger partial charge on any atom is -0.508 e. The molecule has 25 heavy (non-hydrogen) atoms. The molecule has 0 radical (unpaired) electrons. The van der Waals surface area contributed by atoms with Crippen molar-refractivity contribution in [3.8, 4) is 5.75 Å². The predicted molar refractivity (Wildman–Crippen MR) is 91.9 cm³/mol. The van der Waals surface area contributed by atoms with E-state index in [1.165, 1.54) is 24.0 Å². The first-order chi connectivity index (χ1) is 12.0. The molecule has 0 aliphatic carbocycles. The van der Waals surface area contributed by atoms with E-state index in [1.54, 1.807) is 12.1 Å². The van der Waals surface area contributed by atoms with E-state index in [9.17, 15) is 19.5 Å². The summed E-state index contributed by atoms with van der Waals surface area (Å²) >= 11 is 0. The van der Waals surface area contributed by atoms with Gasteiger partial charge in [0.05, 0.1) is 6.04 Å². The molecule has 128 valence electrons. The number of nitrogens with zero attached hydrogens (tertiary/aromatic N) is 1. The highest BCUT2D eigenvalue weighted by Crippen LogP contribution is 2.37. The van der Waals surface area contributed by atoms with Crippen LogP contribution in [0.1, 0.15) is 24.1 Å². The van der Waals surface area contributed by atoms with Gasteiger partial charge in [0.15, 0.2) is 0 Å². The average molecular weight is 337 g/mol. The van der Waals surface area contributed by atoms with Crippen LogP contribution in [0, 0.1) is 5.92 Å². The SMILES string of the molecule is CC(=O)C1C(=O)C(=O)N(CCc2ccccc2)C1c1ccc(O)cc1. The zero-order valence-corrected chi connectivity index (χ0v) is 13.9. The van der Waals surface area contributed by atoms with Gasteiger partial charge in [0.25, 0.3) is 5.91 Å². The molecular weight excluding hydrogens is 318 g/mol. The van der Waals surface area contributed by atoms with Crippen LogP contribution in [0.3, 0.4) is 0 Å². The van der Waals surface area contributed by atoms with Gasteiger partial charge in [-0.1, -0.05) is 42.5 Å². The van der Waals surface area contributed by atoms with E-state index in [1.807, 2.05) is 30.3 Å². The Labute approximate surface area is 145 Å². The molecule has 2 aromatic carbocycles. The Morgan fingerprint density at radius 3 is 2.28 bits per heavy atom. The smallest absolute Gasteiger partial charge is 0.291 e. The van der Waals surface area contributed by atoms with Crippen molar-refractivity contribution in [3.05, 3.63) is 65.7 Å². The van der Waals surface area contributed by atoms with Crippen LogP contribution in [-0.2, 0) is 20.8 Å². The van der Waals surface area contributed by atoms with Crippen molar-refractivity contribution in [2.24, 2.45) is 5.92 Å². The predicted octanol–water partition coefficient (Wildman–Crippen LogP) is 2.29. The van der Waals surface area contributed by atoms with Crippen LogP contribution in [0.5, 0.6) is 5.75 Å². The fraction of sp³-hybridized carbons (Fsp3) is 0.250. The van der Waals surface area contributed by atoms with E-state index in [0.717, 1.165) is 5.56 Å². The van der Waals surface area contributed by atoms with Crippen LogP contribution in [0.25, 0.3) is 0 Å². The van der Waals surface area contributed by atoms with Crippen molar-refractivity contribution < 1.29 is 19.5 Å². The molecule has 2 unspecified atom stereocenters. The summed E-state index contributed by atoms with van der Waals surface area (Å²) < 4.78 is 0. The Kier molecular flexibility index (Phi) is 4.65. The fourth-order valence-corrected chi connectivity index (χ4v) is 3.31. The molecule has 2 atom stereocenters. The Morgan fingerprint density at radius 1 is 1.04 bits per heavy atom. The van der Waals surface area contributed by atoms with Crippen molar-refractivity contribution in [1.29, 1.82) is 0 Å². The van der Waals surface area contributed by atoms with Gasteiger partial charge in [0.2, 0.25) is 5.78 Å². The lowest BCUT2D eigenvalue weighted by Gasteiger charge is -2.27. The Balaban J connectivity index is 1.92. The van der Waals surface area contributed by atoms with E-state index in [-0.39, 0.29) is 11.5 Å². The highest BCUT2D eigenvalue weighted by Gasteiger charge is 2.49. The second kappa shape index (κ2) is 6.89. The minimum atomic E-state index is -0.993. The molecule has 2 aromatic rings. The molecule has 3 rings (SSSR count). The molecule has 0 aromatic heterocycles. The molecule has 1 fully saturated rings. The summed E-state index contributed by atoms with van der Waals surface area (Å²) in [5.74, 6) is -2.49. The van der Waals surface area contributed by atoms with Crippen molar-refractivity contribution in [2.75, 3.05) is 6.54 Å². The third kappa shape index (κ3) is 3.31.